The van der Waals surface area contributed by atoms with Crippen LogP contribution >= 0.6 is 0 Å². The molecule has 13 nitrogen and oxygen atoms in total. The van der Waals surface area contributed by atoms with Gasteiger partial charge in [-0.05, 0) is 27.7 Å². The second-order valence-corrected chi connectivity index (χ2v) is 15.7. The normalized spacial score (nSPS) is 18.9. The molecule has 1 atom stereocenters. The van der Waals surface area contributed by atoms with Gasteiger partial charge in [-0.1, -0.05) is 5.16 Å². The molecule has 2 aromatic rings. The highest BCUT2D eigenvalue weighted by atomic mass is 32.2. The van der Waals surface area contributed by atoms with E-state index in [2.05, 4.69) is 15.4 Å². The first-order chi connectivity index (χ1) is 20.7. The maximum atomic E-state index is 15.3. The number of ether oxygens (including phenoxy) is 3. The molecule has 0 bridgehead atoms. The monoisotopic (exact) mass is 711 g/mol. The predicted molar refractivity (Wildman–Crippen MR) is 143 cm³/mol. The summed E-state index contributed by atoms with van der Waals surface area (Å²) >= 11 is 0. The highest BCUT2D eigenvalue weighted by Gasteiger charge is 2.45. The van der Waals surface area contributed by atoms with Gasteiger partial charge in [0.05, 0.1) is 33.8 Å². The quantitative estimate of drug-likeness (QED) is 0.272. The molecule has 22 heteroatoms. The van der Waals surface area contributed by atoms with Crippen molar-refractivity contribution in [3.63, 3.8) is 0 Å². The minimum Gasteiger partial charge on any atom is -0.494 e. The third-order valence-electron chi connectivity index (χ3n) is 6.63. The number of oxime groups is 1. The van der Waals surface area contributed by atoms with Crippen molar-refractivity contribution >= 4 is 24.7 Å². The number of sulfone groups is 2. The SMILES string of the molecule is Cn1nc(C(F)(F)F)c(CS(=O)(=O)C2=COC(C)(C)C2)c1OC(F)Oc1c(CS(=O)(=O)C2=NOC(C)(C)C2)c(C(F)(F)F)nn1C. The molecule has 0 aliphatic carbocycles. The third kappa shape index (κ3) is 7.36. The molecule has 0 N–H and O–H groups in total. The summed E-state index contributed by atoms with van der Waals surface area (Å²) in [5, 5.41) is 9.25. The second kappa shape index (κ2) is 11.3. The van der Waals surface area contributed by atoms with Gasteiger partial charge in [0.15, 0.2) is 36.1 Å². The Hall–Kier alpha value is -3.56. The standard InChI is InChI=1S/C24H28F7N5O8S2/c1-21(2)7-12(9-41-21)45(37,38)10-13-16(23(26,27)28)32-35(5)18(13)42-20(25)43-19-14(17(24(29,30)31)33-36(19)6)11-46(39,40)15-8-22(3,4)44-34-15/h9,20H,7-8,10-11H2,1-6H3. The summed E-state index contributed by atoms with van der Waals surface area (Å²) in [6.07, 6.45) is -10.1. The van der Waals surface area contributed by atoms with Crippen LogP contribution in [0.5, 0.6) is 11.8 Å². The molecule has 2 aliphatic rings. The van der Waals surface area contributed by atoms with E-state index in [9.17, 15) is 43.2 Å². The van der Waals surface area contributed by atoms with Crippen LogP contribution in [-0.2, 0) is 67.2 Å². The molecule has 0 saturated heterocycles. The fraction of sp³-hybridized carbons (Fsp3) is 0.625. The largest absolute Gasteiger partial charge is 0.494 e. The lowest BCUT2D eigenvalue weighted by molar-refractivity contribution is -0.142. The number of aromatic nitrogens is 4. The zero-order chi connectivity index (χ0) is 34.8. The maximum Gasteiger partial charge on any atom is 0.435 e. The predicted octanol–water partition coefficient (Wildman–Crippen LogP) is 4.28. The van der Waals surface area contributed by atoms with Crippen LogP contribution < -0.4 is 9.47 Å². The Morgan fingerprint density at radius 2 is 1.28 bits per heavy atom. The van der Waals surface area contributed by atoms with Crippen molar-refractivity contribution < 1.29 is 66.6 Å². The van der Waals surface area contributed by atoms with Crippen molar-refractivity contribution in [2.24, 2.45) is 19.3 Å². The van der Waals surface area contributed by atoms with Crippen LogP contribution in [-0.4, -0.2) is 59.2 Å². The van der Waals surface area contributed by atoms with Gasteiger partial charge in [0.25, 0.3) is 0 Å². The van der Waals surface area contributed by atoms with Crippen LogP contribution in [0.15, 0.2) is 16.3 Å². The molecular formula is C24H28F7N5O8S2. The Morgan fingerprint density at radius 3 is 1.65 bits per heavy atom. The van der Waals surface area contributed by atoms with Gasteiger partial charge in [0, 0.05) is 26.9 Å². The molecule has 2 aliphatic heterocycles. The summed E-state index contributed by atoms with van der Waals surface area (Å²) in [5.41, 5.74) is -7.85. The zero-order valence-electron chi connectivity index (χ0n) is 24.9. The number of nitrogens with zero attached hydrogens (tertiary/aromatic N) is 5. The fourth-order valence-electron chi connectivity index (χ4n) is 4.55. The van der Waals surface area contributed by atoms with Gasteiger partial charge < -0.3 is 19.0 Å². The van der Waals surface area contributed by atoms with Crippen molar-refractivity contribution in [2.75, 3.05) is 0 Å². The smallest absolute Gasteiger partial charge is 0.435 e. The van der Waals surface area contributed by atoms with E-state index in [-0.39, 0.29) is 17.7 Å². The lowest BCUT2D eigenvalue weighted by atomic mass is 10.1. The average molecular weight is 712 g/mol. The molecule has 0 fully saturated rings. The highest BCUT2D eigenvalue weighted by Crippen LogP contribution is 2.41. The molecule has 4 rings (SSSR count). The minimum atomic E-state index is -5.26. The van der Waals surface area contributed by atoms with Crippen LogP contribution in [0.4, 0.5) is 30.7 Å². The van der Waals surface area contributed by atoms with E-state index >= 15 is 4.39 Å². The van der Waals surface area contributed by atoms with Crippen molar-refractivity contribution in [1.82, 2.24) is 19.6 Å². The van der Waals surface area contributed by atoms with Crippen LogP contribution in [0.3, 0.4) is 0 Å². The summed E-state index contributed by atoms with van der Waals surface area (Å²) in [6.45, 7) is 2.80. The zero-order valence-corrected chi connectivity index (χ0v) is 26.6. The molecule has 0 aromatic carbocycles. The molecule has 4 heterocycles. The molecule has 1 unspecified atom stereocenters. The van der Waals surface area contributed by atoms with E-state index in [1.54, 1.807) is 0 Å². The molecule has 0 spiro atoms. The Labute approximate surface area is 257 Å². The lowest BCUT2D eigenvalue weighted by Crippen LogP contribution is -2.25. The number of alkyl halides is 7. The Balaban J connectivity index is 1.69. The molecule has 0 radical (unpaired) electrons. The number of halogens is 7. The van der Waals surface area contributed by atoms with Crippen LogP contribution in [0.25, 0.3) is 0 Å². The average Bonchev–Trinajstić information content (AvgIpc) is 3.60. The van der Waals surface area contributed by atoms with Crippen molar-refractivity contribution in [1.29, 1.82) is 0 Å². The maximum absolute atomic E-state index is 15.3. The number of hydrogen-bond donors (Lipinski definition) is 0. The van der Waals surface area contributed by atoms with Crippen LogP contribution in [0.2, 0.25) is 0 Å². The van der Waals surface area contributed by atoms with Crippen molar-refractivity contribution in [3.8, 4) is 11.8 Å². The van der Waals surface area contributed by atoms with Gasteiger partial charge in [0.2, 0.25) is 11.8 Å². The number of aryl methyl sites for hydroxylation is 2. The van der Waals surface area contributed by atoms with Gasteiger partial charge in [-0.2, -0.15) is 40.9 Å². The fourth-order valence-corrected chi connectivity index (χ4v) is 7.67. The van der Waals surface area contributed by atoms with Crippen molar-refractivity contribution in [3.05, 3.63) is 33.7 Å². The van der Waals surface area contributed by atoms with Crippen LogP contribution in [0.1, 0.15) is 63.1 Å². The van der Waals surface area contributed by atoms with E-state index in [1.807, 2.05) is 0 Å². The molecular weight excluding hydrogens is 683 g/mol. The summed E-state index contributed by atoms with van der Waals surface area (Å²) < 4.78 is 166. The first-order valence-electron chi connectivity index (χ1n) is 13.0. The summed E-state index contributed by atoms with van der Waals surface area (Å²) in [5.74, 6) is -5.01. The highest BCUT2D eigenvalue weighted by molar-refractivity contribution is 8.05. The summed E-state index contributed by atoms with van der Waals surface area (Å²) in [7, 11) is -7.43. The van der Waals surface area contributed by atoms with Crippen molar-refractivity contribution in [2.45, 2.75) is 82.1 Å². The second-order valence-electron chi connectivity index (χ2n) is 11.7. The van der Waals surface area contributed by atoms with E-state index < -0.39 is 101 Å². The van der Waals surface area contributed by atoms with E-state index in [4.69, 9.17) is 19.0 Å². The van der Waals surface area contributed by atoms with Crippen LogP contribution in [0, 0.1) is 0 Å². The van der Waals surface area contributed by atoms with E-state index in [0.717, 1.165) is 20.4 Å². The molecule has 0 amide bonds. The lowest BCUT2D eigenvalue weighted by Gasteiger charge is -2.17. The van der Waals surface area contributed by atoms with Gasteiger partial charge in [0.1, 0.15) is 11.2 Å². The molecule has 258 valence electrons. The topological polar surface area (TPSA) is 153 Å². The van der Waals surface area contributed by atoms with Gasteiger partial charge in [-0.25, -0.2) is 26.2 Å². The number of rotatable bonds is 9. The third-order valence-corrected chi connectivity index (χ3v) is 9.94. The van der Waals surface area contributed by atoms with Gasteiger partial charge in [-0.3, -0.25) is 0 Å². The Bertz CT molecular complexity index is 1680. The minimum absolute atomic E-state index is 0.189. The Morgan fingerprint density at radius 1 is 0.826 bits per heavy atom. The first-order valence-corrected chi connectivity index (χ1v) is 16.3. The summed E-state index contributed by atoms with van der Waals surface area (Å²) in [4.78, 5) is 4.63. The molecule has 0 saturated carbocycles. The molecule has 46 heavy (non-hydrogen) atoms. The van der Waals surface area contributed by atoms with Gasteiger partial charge >= 0.3 is 18.9 Å². The first kappa shape index (κ1) is 35.3. The molecule has 2 aromatic heterocycles. The summed E-state index contributed by atoms with van der Waals surface area (Å²) in [6, 6.07) is 0. The number of hydrogen-bond acceptors (Lipinski definition) is 11. The van der Waals surface area contributed by atoms with E-state index in [1.165, 1.54) is 27.7 Å². The Kier molecular flexibility index (Phi) is 8.67. The van der Waals surface area contributed by atoms with E-state index in [0.29, 0.717) is 9.36 Å². The van der Waals surface area contributed by atoms with Gasteiger partial charge in [-0.15, -0.1) is 0 Å².